The van der Waals surface area contributed by atoms with Crippen LogP contribution in [0.25, 0.3) is 0 Å². The molecule has 0 radical (unpaired) electrons. The van der Waals surface area contributed by atoms with Gasteiger partial charge in [-0.15, -0.1) is 0 Å². The summed E-state index contributed by atoms with van der Waals surface area (Å²) in [6, 6.07) is 5.04. The van der Waals surface area contributed by atoms with Gasteiger partial charge >= 0.3 is 0 Å². The second kappa shape index (κ2) is 4.63. The SMILES string of the molecule is Cc1nn(C)c(CN2CCc3ccc(F)cc32)c1Br. The van der Waals surface area contributed by atoms with Crippen LogP contribution < -0.4 is 4.90 Å². The summed E-state index contributed by atoms with van der Waals surface area (Å²) in [5, 5.41) is 4.40. The molecule has 2 heterocycles. The van der Waals surface area contributed by atoms with E-state index in [1.54, 1.807) is 6.07 Å². The van der Waals surface area contributed by atoms with E-state index < -0.39 is 0 Å². The molecule has 0 saturated carbocycles. The summed E-state index contributed by atoms with van der Waals surface area (Å²) in [6.45, 7) is 3.65. The third-order valence-corrected chi connectivity index (χ3v) is 4.67. The summed E-state index contributed by atoms with van der Waals surface area (Å²) in [6.07, 6.45) is 0.976. The number of aryl methyl sites for hydroxylation is 2. The summed E-state index contributed by atoms with van der Waals surface area (Å²) in [5.41, 5.74) is 4.33. The number of anilines is 1. The van der Waals surface area contributed by atoms with Gasteiger partial charge in [0.05, 0.1) is 22.4 Å². The van der Waals surface area contributed by atoms with Crippen molar-refractivity contribution in [3.63, 3.8) is 0 Å². The van der Waals surface area contributed by atoms with Gasteiger partial charge in [-0.05, 0) is 47.0 Å². The van der Waals surface area contributed by atoms with E-state index in [0.29, 0.717) is 0 Å². The molecule has 100 valence electrons. The molecule has 0 amide bonds. The molecule has 0 spiro atoms. The van der Waals surface area contributed by atoms with E-state index in [1.165, 1.54) is 11.6 Å². The Hall–Kier alpha value is -1.36. The number of rotatable bonds is 2. The van der Waals surface area contributed by atoms with Crippen molar-refractivity contribution in [1.29, 1.82) is 0 Å². The number of hydrogen-bond donors (Lipinski definition) is 0. The Balaban J connectivity index is 1.92. The molecule has 0 bridgehead atoms. The van der Waals surface area contributed by atoms with Crippen LogP contribution in [-0.2, 0) is 20.0 Å². The fraction of sp³-hybridized carbons (Fsp3) is 0.357. The van der Waals surface area contributed by atoms with E-state index in [4.69, 9.17) is 0 Å². The first kappa shape index (κ1) is 12.7. The molecule has 19 heavy (non-hydrogen) atoms. The van der Waals surface area contributed by atoms with Gasteiger partial charge in [-0.25, -0.2) is 4.39 Å². The van der Waals surface area contributed by atoms with Gasteiger partial charge in [0.25, 0.3) is 0 Å². The van der Waals surface area contributed by atoms with Crippen LogP contribution in [0.1, 0.15) is 17.0 Å². The molecular formula is C14H15BrFN3. The standard InChI is InChI=1S/C14H15BrFN3/c1-9-14(15)13(18(2)17-9)8-19-6-5-10-3-4-11(16)7-12(10)19/h3-4,7H,5-6,8H2,1-2H3. The normalized spacial score (nSPS) is 14.0. The molecule has 0 fully saturated rings. The highest BCUT2D eigenvalue weighted by molar-refractivity contribution is 9.10. The molecule has 3 rings (SSSR count). The van der Waals surface area contributed by atoms with Crippen LogP contribution in [0.3, 0.4) is 0 Å². The molecule has 1 aromatic carbocycles. The Morgan fingerprint density at radius 3 is 2.89 bits per heavy atom. The van der Waals surface area contributed by atoms with Gasteiger partial charge < -0.3 is 4.90 Å². The van der Waals surface area contributed by atoms with Gasteiger partial charge in [0.2, 0.25) is 0 Å². The molecular weight excluding hydrogens is 309 g/mol. The second-order valence-electron chi connectivity index (χ2n) is 4.91. The van der Waals surface area contributed by atoms with Crippen molar-refractivity contribution in [2.45, 2.75) is 19.9 Å². The van der Waals surface area contributed by atoms with Crippen LogP contribution in [0, 0.1) is 12.7 Å². The number of halogens is 2. The third-order valence-electron chi connectivity index (χ3n) is 3.64. The van der Waals surface area contributed by atoms with Gasteiger partial charge in [-0.1, -0.05) is 6.07 Å². The fourth-order valence-electron chi connectivity index (χ4n) is 2.62. The highest BCUT2D eigenvalue weighted by Gasteiger charge is 2.22. The van der Waals surface area contributed by atoms with Gasteiger partial charge in [0.1, 0.15) is 5.82 Å². The lowest BCUT2D eigenvalue weighted by atomic mass is 10.2. The van der Waals surface area contributed by atoms with Gasteiger partial charge in [0.15, 0.2) is 0 Å². The maximum atomic E-state index is 13.4. The van der Waals surface area contributed by atoms with Crippen molar-refractivity contribution in [1.82, 2.24) is 9.78 Å². The largest absolute Gasteiger partial charge is 0.365 e. The average molecular weight is 324 g/mol. The Labute approximate surface area is 120 Å². The molecule has 5 heteroatoms. The smallest absolute Gasteiger partial charge is 0.125 e. The van der Waals surface area contributed by atoms with E-state index >= 15 is 0 Å². The number of aromatic nitrogens is 2. The highest BCUT2D eigenvalue weighted by atomic mass is 79.9. The maximum absolute atomic E-state index is 13.4. The first-order chi connectivity index (χ1) is 9.06. The predicted octanol–water partition coefficient (Wildman–Crippen LogP) is 3.19. The van der Waals surface area contributed by atoms with E-state index in [1.807, 2.05) is 24.7 Å². The van der Waals surface area contributed by atoms with Crippen LogP contribution >= 0.6 is 15.9 Å². The Kier molecular flexibility index (Phi) is 3.09. The topological polar surface area (TPSA) is 21.1 Å². The van der Waals surface area contributed by atoms with Gasteiger partial charge in [-0.3, -0.25) is 4.68 Å². The zero-order valence-corrected chi connectivity index (χ0v) is 12.5. The number of hydrogen-bond acceptors (Lipinski definition) is 2. The van der Waals surface area contributed by atoms with Crippen molar-refractivity contribution in [3.05, 3.63) is 45.4 Å². The van der Waals surface area contributed by atoms with E-state index in [9.17, 15) is 4.39 Å². The maximum Gasteiger partial charge on any atom is 0.125 e. The molecule has 1 aromatic heterocycles. The van der Waals surface area contributed by atoms with Crippen LogP contribution in [0.4, 0.5) is 10.1 Å². The number of benzene rings is 1. The summed E-state index contributed by atoms with van der Waals surface area (Å²) < 4.78 is 16.3. The molecule has 0 saturated heterocycles. The quantitative estimate of drug-likeness (QED) is 0.846. The van der Waals surface area contributed by atoms with Gasteiger partial charge in [0, 0.05) is 19.3 Å². The molecule has 0 unspecified atom stereocenters. The van der Waals surface area contributed by atoms with E-state index in [0.717, 1.165) is 41.1 Å². The lowest BCUT2D eigenvalue weighted by Crippen LogP contribution is -2.21. The molecule has 0 atom stereocenters. The predicted molar refractivity (Wildman–Crippen MR) is 76.8 cm³/mol. The minimum absolute atomic E-state index is 0.175. The van der Waals surface area contributed by atoms with Crippen molar-refractivity contribution < 1.29 is 4.39 Å². The molecule has 0 N–H and O–H groups in total. The molecule has 2 aromatic rings. The van der Waals surface area contributed by atoms with Crippen molar-refractivity contribution >= 4 is 21.6 Å². The molecule has 1 aliphatic heterocycles. The van der Waals surface area contributed by atoms with Crippen molar-refractivity contribution in [2.75, 3.05) is 11.4 Å². The van der Waals surface area contributed by atoms with Crippen LogP contribution in [0.15, 0.2) is 22.7 Å². The average Bonchev–Trinajstić information content (AvgIpc) is 2.86. The summed E-state index contributed by atoms with van der Waals surface area (Å²) in [4.78, 5) is 2.21. The van der Waals surface area contributed by atoms with Crippen LogP contribution in [0.5, 0.6) is 0 Å². The Morgan fingerprint density at radius 2 is 2.21 bits per heavy atom. The third kappa shape index (κ3) is 2.16. The first-order valence-corrected chi connectivity index (χ1v) is 7.07. The Morgan fingerprint density at radius 1 is 1.42 bits per heavy atom. The van der Waals surface area contributed by atoms with Crippen LogP contribution in [-0.4, -0.2) is 16.3 Å². The highest BCUT2D eigenvalue weighted by Crippen LogP contribution is 2.31. The molecule has 1 aliphatic rings. The Bertz CT molecular complexity index is 636. The van der Waals surface area contributed by atoms with E-state index in [2.05, 4.69) is 25.9 Å². The first-order valence-electron chi connectivity index (χ1n) is 6.27. The summed E-state index contributed by atoms with van der Waals surface area (Å²) in [7, 11) is 1.94. The molecule has 3 nitrogen and oxygen atoms in total. The van der Waals surface area contributed by atoms with E-state index in [-0.39, 0.29) is 5.82 Å². The number of fused-ring (bicyclic) bond motifs is 1. The van der Waals surface area contributed by atoms with Crippen molar-refractivity contribution in [3.8, 4) is 0 Å². The minimum atomic E-state index is -0.175. The molecule has 0 aliphatic carbocycles. The zero-order chi connectivity index (χ0) is 13.6. The van der Waals surface area contributed by atoms with Gasteiger partial charge in [-0.2, -0.15) is 5.10 Å². The fourth-order valence-corrected chi connectivity index (χ4v) is 3.08. The zero-order valence-electron chi connectivity index (χ0n) is 11.0. The van der Waals surface area contributed by atoms with Crippen molar-refractivity contribution in [2.24, 2.45) is 7.05 Å². The summed E-state index contributed by atoms with van der Waals surface area (Å²) in [5.74, 6) is -0.175. The number of nitrogens with zero attached hydrogens (tertiary/aromatic N) is 3. The monoisotopic (exact) mass is 323 g/mol. The minimum Gasteiger partial charge on any atom is -0.365 e. The second-order valence-corrected chi connectivity index (χ2v) is 5.71. The summed E-state index contributed by atoms with van der Waals surface area (Å²) >= 11 is 3.58. The van der Waals surface area contributed by atoms with Crippen LogP contribution in [0.2, 0.25) is 0 Å². The lowest BCUT2D eigenvalue weighted by Gasteiger charge is -2.19. The lowest BCUT2D eigenvalue weighted by molar-refractivity contribution is 0.626.